The van der Waals surface area contributed by atoms with Crippen LogP contribution in [0.5, 0.6) is 5.75 Å². The third-order valence-electron chi connectivity index (χ3n) is 6.95. The number of aliphatic hydroxyl groups is 1. The molecule has 0 aliphatic carbocycles. The number of H-pyrrole nitrogens is 1. The molecule has 0 unspecified atom stereocenters. The van der Waals surface area contributed by atoms with Crippen molar-refractivity contribution in [1.82, 2.24) is 20.3 Å². The molecule has 0 fully saturated rings. The SMILES string of the molecule is CCc1c(CN[C@H](CO)c2ccccc2)cccc1Nc1c(C(N)=O)cnc2[nH]c(-c3ccc(OC)cc3)nc12. The second-order valence-corrected chi connectivity index (χ2v) is 9.37. The fourth-order valence-corrected chi connectivity index (χ4v) is 4.83. The van der Waals surface area contributed by atoms with Gasteiger partial charge in [0.1, 0.15) is 17.1 Å². The fraction of sp³-hybridized carbons (Fsp3) is 0.194. The monoisotopic (exact) mass is 536 g/mol. The first-order valence-corrected chi connectivity index (χ1v) is 13.1. The van der Waals surface area contributed by atoms with Gasteiger partial charge in [0.2, 0.25) is 0 Å². The van der Waals surface area contributed by atoms with E-state index in [9.17, 15) is 9.90 Å². The summed E-state index contributed by atoms with van der Waals surface area (Å²) in [5.74, 6) is 0.752. The van der Waals surface area contributed by atoms with Crippen molar-refractivity contribution in [3.8, 4) is 17.1 Å². The number of carbonyl (C=O) groups excluding carboxylic acids is 1. The topological polar surface area (TPSA) is 138 Å². The van der Waals surface area contributed by atoms with Gasteiger partial charge in [-0.05, 0) is 53.4 Å². The zero-order valence-electron chi connectivity index (χ0n) is 22.4. The fourth-order valence-electron chi connectivity index (χ4n) is 4.83. The second kappa shape index (κ2) is 12.0. The van der Waals surface area contributed by atoms with Gasteiger partial charge >= 0.3 is 0 Å². The minimum atomic E-state index is -0.601. The van der Waals surface area contributed by atoms with Gasteiger partial charge in [0.25, 0.3) is 5.91 Å². The maximum absolute atomic E-state index is 12.4. The number of aromatic amines is 1. The van der Waals surface area contributed by atoms with E-state index in [2.05, 4.69) is 33.6 Å². The molecule has 9 nitrogen and oxygen atoms in total. The number of nitrogens with one attached hydrogen (secondary N) is 3. The molecule has 204 valence electrons. The number of aromatic nitrogens is 3. The number of rotatable bonds is 11. The van der Waals surface area contributed by atoms with Crippen molar-refractivity contribution in [3.05, 3.63) is 101 Å². The van der Waals surface area contributed by atoms with Crippen LogP contribution in [-0.2, 0) is 13.0 Å². The number of ether oxygens (including phenoxy) is 1. The first-order valence-electron chi connectivity index (χ1n) is 13.1. The number of fused-ring (bicyclic) bond motifs is 1. The number of anilines is 2. The van der Waals surface area contributed by atoms with E-state index in [-0.39, 0.29) is 18.2 Å². The molecule has 3 aromatic carbocycles. The second-order valence-electron chi connectivity index (χ2n) is 9.37. The Kier molecular flexibility index (Phi) is 8.04. The van der Waals surface area contributed by atoms with Gasteiger partial charge < -0.3 is 31.2 Å². The Balaban J connectivity index is 1.49. The molecule has 0 bridgehead atoms. The van der Waals surface area contributed by atoms with Gasteiger partial charge in [-0.1, -0.05) is 49.4 Å². The highest BCUT2D eigenvalue weighted by molar-refractivity contribution is 6.06. The van der Waals surface area contributed by atoms with Crippen LogP contribution < -0.4 is 21.1 Å². The summed E-state index contributed by atoms with van der Waals surface area (Å²) < 4.78 is 5.26. The van der Waals surface area contributed by atoms with Gasteiger partial charge in [-0.3, -0.25) is 4.79 Å². The van der Waals surface area contributed by atoms with Gasteiger partial charge in [0, 0.05) is 24.0 Å². The molecule has 0 spiro atoms. The number of amides is 1. The quantitative estimate of drug-likeness (QED) is 0.162. The zero-order valence-corrected chi connectivity index (χ0v) is 22.4. The summed E-state index contributed by atoms with van der Waals surface area (Å²) in [6.45, 7) is 2.62. The number of nitrogens with zero attached hydrogens (tertiary/aromatic N) is 2. The van der Waals surface area contributed by atoms with Gasteiger partial charge in [-0.15, -0.1) is 0 Å². The lowest BCUT2D eigenvalue weighted by Crippen LogP contribution is -2.24. The highest BCUT2D eigenvalue weighted by atomic mass is 16.5. The molecule has 1 amide bonds. The van der Waals surface area contributed by atoms with Crippen LogP contribution in [0.2, 0.25) is 0 Å². The number of imidazole rings is 1. The van der Waals surface area contributed by atoms with Crippen LogP contribution in [0.3, 0.4) is 0 Å². The minimum absolute atomic E-state index is 0.0178. The Labute approximate surface area is 232 Å². The lowest BCUT2D eigenvalue weighted by Gasteiger charge is -2.20. The predicted octanol–water partition coefficient (Wildman–Crippen LogP) is 4.86. The molecule has 0 saturated heterocycles. The van der Waals surface area contributed by atoms with Crippen LogP contribution in [0.25, 0.3) is 22.6 Å². The van der Waals surface area contributed by atoms with Gasteiger partial charge in [0.05, 0.1) is 31.0 Å². The van der Waals surface area contributed by atoms with Crippen LogP contribution in [0.1, 0.15) is 40.0 Å². The number of carbonyl (C=O) groups is 1. The number of methoxy groups -OCH3 is 1. The van der Waals surface area contributed by atoms with Gasteiger partial charge in [-0.25, -0.2) is 9.97 Å². The molecule has 5 aromatic rings. The molecule has 9 heteroatoms. The average molecular weight is 537 g/mol. The molecular formula is C31H32N6O3. The summed E-state index contributed by atoms with van der Waals surface area (Å²) >= 11 is 0. The van der Waals surface area contributed by atoms with E-state index in [4.69, 9.17) is 15.5 Å². The first kappa shape index (κ1) is 26.9. The predicted molar refractivity (Wildman–Crippen MR) is 157 cm³/mol. The Morgan fingerprint density at radius 3 is 2.52 bits per heavy atom. The summed E-state index contributed by atoms with van der Waals surface area (Å²) in [6, 6.07) is 23.2. The molecule has 0 aliphatic heterocycles. The first-order chi connectivity index (χ1) is 19.5. The Hall–Kier alpha value is -4.73. The maximum atomic E-state index is 12.4. The molecule has 40 heavy (non-hydrogen) atoms. The van der Waals surface area contributed by atoms with Crippen molar-refractivity contribution < 1.29 is 14.6 Å². The van der Waals surface area contributed by atoms with Gasteiger partial charge in [0.15, 0.2) is 5.65 Å². The van der Waals surface area contributed by atoms with E-state index < -0.39 is 5.91 Å². The van der Waals surface area contributed by atoms with Crippen molar-refractivity contribution in [2.45, 2.75) is 25.9 Å². The van der Waals surface area contributed by atoms with Crippen LogP contribution >= 0.6 is 0 Å². The summed E-state index contributed by atoms with van der Waals surface area (Å²) in [5.41, 5.74) is 12.4. The van der Waals surface area contributed by atoms with Crippen molar-refractivity contribution >= 4 is 28.4 Å². The highest BCUT2D eigenvalue weighted by Gasteiger charge is 2.20. The molecule has 0 saturated carbocycles. The molecular weight excluding hydrogens is 504 g/mol. The minimum Gasteiger partial charge on any atom is -0.497 e. The third kappa shape index (κ3) is 5.51. The number of nitrogens with two attached hydrogens (primary N) is 1. The normalized spacial score (nSPS) is 11.9. The van der Waals surface area contributed by atoms with E-state index >= 15 is 0 Å². The molecule has 2 heterocycles. The number of aliphatic hydroxyl groups excluding tert-OH is 1. The lowest BCUT2D eigenvalue weighted by molar-refractivity contribution is 0.100. The number of hydrogen-bond donors (Lipinski definition) is 5. The Morgan fingerprint density at radius 1 is 1.07 bits per heavy atom. The summed E-state index contributed by atoms with van der Waals surface area (Å²) in [6.07, 6.45) is 2.21. The summed E-state index contributed by atoms with van der Waals surface area (Å²) in [5, 5.41) is 16.9. The van der Waals surface area contributed by atoms with Crippen LogP contribution in [0.15, 0.2) is 79.0 Å². The molecule has 0 radical (unpaired) electrons. The highest BCUT2D eigenvalue weighted by Crippen LogP contribution is 2.33. The Bertz CT molecular complexity index is 1620. The molecule has 2 aromatic heterocycles. The van der Waals surface area contributed by atoms with Crippen LogP contribution in [0.4, 0.5) is 11.4 Å². The molecule has 0 aliphatic rings. The Morgan fingerprint density at radius 2 is 1.85 bits per heavy atom. The van der Waals surface area contributed by atoms with E-state index in [1.807, 2.05) is 66.7 Å². The average Bonchev–Trinajstić information content (AvgIpc) is 3.43. The van der Waals surface area contributed by atoms with Crippen molar-refractivity contribution in [1.29, 1.82) is 0 Å². The molecule has 1 atom stereocenters. The summed E-state index contributed by atoms with van der Waals surface area (Å²) in [4.78, 5) is 24.9. The van der Waals surface area contributed by atoms with Crippen LogP contribution in [-0.4, -0.2) is 39.7 Å². The third-order valence-corrected chi connectivity index (χ3v) is 6.95. The van der Waals surface area contributed by atoms with E-state index in [0.29, 0.717) is 29.2 Å². The van der Waals surface area contributed by atoms with E-state index in [0.717, 1.165) is 40.1 Å². The molecule has 6 N–H and O–H groups in total. The van der Waals surface area contributed by atoms with Crippen molar-refractivity contribution in [2.24, 2.45) is 5.73 Å². The number of hydrogen-bond acceptors (Lipinski definition) is 7. The van der Waals surface area contributed by atoms with Crippen molar-refractivity contribution in [2.75, 3.05) is 19.0 Å². The van der Waals surface area contributed by atoms with Gasteiger partial charge in [-0.2, -0.15) is 0 Å². The number of pyridine rings is 1. The van der Waals surface area contributed by atoms with E-state index in [1.165, 1.54) is 6.20 Å². The van der Waals surface area contributed by atoms with Crippen molar-refractivity contribution in [3.63, 3.8) is 0 Å². The smallest absolute Gasteiger partial charge is 0.252 e. The molecule has 5 rings (SSSR count). The van der Waals surface area contributed by atoms with E-state index in [1.54, 1.807) is 7.11 Å². The zero-order chi connectivity index (χ0) is 28.1. The van der Waals surface area contributed by atoms with Crippen LogP contribution in [0, 0.1) is 0 Å². The maximum Gasteiger partial charge on any atom is 0.252 e. The lowest BCUT2D eigenvalue weighted by atomic mass is 10.0. The number of primary amides is 1. The number of benzene rings is 3. The standard InChI is InChI=1S/C31H32N6O3/c1-3-23-21(16-33-26(18-38)19-8-5-4-6-9-19)10-7-11-25(23)35-27-24(29(32)39)17-34-31-28(27)36-30(37-31)20-12-14-22(40-2)15-13-20/h4-15,17,26,33,38H,3,16,18H2,1-2H3,(H2,32,39)(H2,34,35,36,37)/t26-/m1/s1. The largest absolute Gasteiger partial charge is 0.497 e. The summed E-state index contributed by atoms with van der Waals surface area (Å²) in [7, 11) is 1.62.